The van der Waals surface area contributed by atoms with Crippen molar-refractivity contribution in [2.75, 3.05) is 0 Å². The third-order valence-electron chi connectivity index (χ3n) is 6.24. The summed E-state index contributed by atoms with van der Waals surface area (Å²) in [4.78, 5) is 0. The molecule has 0 aliphatic rings. The molecule has 0 radical (unpaired) electrons. The third kappa shape index (κ3) is 6.23. The van der Waals surface area contributed by atoms with Crippen LogP contribution >= 0.6 is 0 Å². The van der Waals surface area contributed by atoms with Crippen molar-refractivity contribution < 1.29 is 24.2 Å². The van der Waals surface area contributed by atoms with E-state index >= 15 is 0 Å². The van der Waals surface area contributed by atoms with Gasteiger partial charge in [0.25, 0.3) is 0 Å². The van der Waals surface area contributed by atoms with Crippen LogP contribution in [0.3, 0.4) is 0 Å². The van der Waals surface area contributed by atoms with Gasteiger partial charge in [0.15, 0.2) is 0 Å². The fraction of sp³-hybridized carbons (Fsp3) is 0.367. The average Bonchev–Trinajstić information content (AvgIpc) is 3.34. The number of fused-ring (bicyclic) bond motifs is 2. The predicted octanol–water partition coefficient (Wildman–Crippen LogP) is 8.95. The summed E-state index contributed by atoms with van der Waals surface area (Å²) in [5.74, 6) is 1.25. The molecule has 31 heavy (non-hydrogen) atoms. The summed E-state index contributed by atoms with van der Waals surface area (Å²) < 4.78 is 2.09. The quantitative estimate of drug-likeness (QED) is 0.246. The van der Waals surface area contributed by atoms with Crippen molar-refractivity contribution in [2.24, 2.45) is 0 Å². The van der Waals surface area contributed by atoms with Gasteiger partial charge >= 0.3 is 34.9 Å². The summed E-state index contributed by atoms with van der Waals surface area (Å²) in [7, 11) is 0. The van der Waals surface area contributed by atoms with E-state index in [4.69, 9.17) is 0 Å². The molecule has 0 amide bonds. The normalized spacial score (nSPS) is 10.9. The molecule has 4 rings (SSSR count). The maximum Gasteiger partial charge on any atom is -0.0397 e. The van der Waals surface area contributed by atoms with Crippen LogP contribution in [-0.4, -0.2) is 3.71 Å². The molecule has 1 heteroatoms. The Labute approximate surface area is 204 Å². The van der Waals surface area contributed by atoms with Gasteiger partial charge in [0, 0.05) is 0 Å². The van der Waals surface area contributed by atoms with Crippen molar-refractivity contribution >= 4 is 25.3 Å². The third-order valence-corrected chi connectivity index (χ3v) is 6.24. The molecule has 0 saturated carbocycles. The van der Waals surface area contributed by atoms with E-state index in [9.17, 15) is 0 Å². The van der Waals surface area contributed by atoms with E-state index in [1.165, 1.54) is 79.2 Å². The number of aryl methyl sites for hydroxylation is 4. The topological polar surface area (TPSA) is 0 Å². The largest absolute Gasteiger partial charge is 0.164 e. The zero-order valence-electron chi connectivity index (χ0n) is 20.9. The molecule has 0 N–H and O–H groups in total. The molecule has 0 nitrogen and oxygen atoms in total. The van der Waals surface area contributed by atoms with Gasteiger partial charge in [-0.3, -0.25) is 0 Å². The van der Waals surface area contributed by atoms with Gasteiger partial charge in [0.1, 0.15) is 0 Å². The monoisotopic (exact) mass is 488 g/mol. The number of hydrogen-bond donors (Lipinski definition) is 0. The number of hydrogen-bond acceptors (Lipinski definition) is 0. The van der Waals surface area contributed by atoms with E-state index in [2.05, 4.69) is 108 Å². The second kappa shape index (κ2) is 11.3. The zero-order valence-corrected chi connectivity index (χ0v) is 23.3. The van der Waals surface area contributed by atoms with Gasteiger partial charge in [-0.05, 0) is 39.5 Å². The van der Waals surface area contributed by atoms with E-state index in [-0.39, 0.29) is 0 Å². The molecule has 0 fully saturated rings. The fourth-order valence-electron chi connectivity index (χ4n) is 3.79. The van der Waals surface area contributed by atoms with Gasteiger partial charge < -0.3 is 0 Å². The Hall–Kier alpha value is -1.59. The van der Waals surface area contributed by atoms with E-state index in [0.717, 1.165) is 0 Å². The molecule has 0 aliphatic heterocycles. The minimum absolute atomic E-state index is 0.627. The van der Waals surface area contributed by atoms with Gasteiger partial charge in [-0.1, -0.05) is 49.9 Å². The molecular formula is C30H38Zr. The van der Waals surface area contributed by atoms with Gasteiger partial charge in [0.2, 0.25) is 0 Å². The van der Waals surface area contributed by atoms with Crippen LogP contribution in [0.2, 0.25) is 0 Å². The molecule has 0 bridgehead atoms. The van der Waals surface area contributed by atoms with Crippen LogP contribution in [0.15, 0.2) is 48.5 Å². The summed E-state index contributed by atoms with van der Waals surface area (Å²) in [6.45, 7) is 19.8. The van der Waals surface area contributed by atoms with Crippen molar-refractivity contribution in [3.05, 3.63) is 81.9 Å². The molecule has 0 spiro atoms. The van der Waals surface area contributed by atoms with Crippen molar-refractivity contribution in [3.8, 4) is 0 Å². The molecule has 0 heterocycles. The van der Waals surface area contributed by atoms with Crippen LogP contribution in [-0.2, 0) is 24.2 Å². The standard InChI is InChI=1S/2C14H17.C2H4.Zr/c2*1-9(2)13-7-12-6-5-10(3)11(4)14(12)8-13;1-2;/h2*5-9H,1-4H3;1H,2H3;/q2*-1;;+2. The van der Waals surface area contributed by atoms with Crippen LogP contribution in [0.25, 0.3) is 21.5 Å². The Morgan fingerprint density at radius 3 is 1.29 bits per heavy atom. The first-order chi connectivity index (χ1) is 14.6. The summed E-state index contributed by atoms with van der Waals surface area (Å²) in [6.07, 6.45) is 0. The van der Waals surface area contributed by atoms with Crippen molar-refractivity contribution in [1.29, 1.82) is 0 Å². The Morgan fingerprint density at radius 2 is 1.00 bits per heavy atom. The van der Waals surface area contributed by atoms with Crippen molar-refractivity contribution in [1.82, 2.24) is 0 Å². The zero-order chi connectivity index (χ0) is 23.3. The minimum Gasteiger partial charge on any atom is -0.164 e. The van der Waals surface area contributed by atoms with Crippen LogP contribution in [0.5, 0.6) is 0 Å². The van der Waals surface area contributed by atoms with Crippen LogP contribution in [0, 0.1) is 27.7 Å². The maximum atomic E-state index is 2.34. The first-order valence-corrected chi connectivity index (χ1v) is 12.8. The van der Waals surface area contributed by atoms with E-state index in [1.807, 2.05) is 6.92 Å². The molecule has 4 aromatic rings. The van der Waals surface area contributed by atoms with Gasteiger partial charge in [0.05, 0.1) is 0 Å². The predicted molar refractivity (Wildman–Crippen MR) is 138 cm³/mol. The molecule has 0 aromatic heterocycles. The fourth-order valence-corrected chi connectivity index (χ4v) is 3.79. The summed E-state index contributed by atoms with van der Waals surface area (Å²) >= 11 is 1.51. The first kappa shape index (κ1) is 25.7. The molecule has 0 unspecified atom stereocenters. The molecular weight excluding hydrogens is 452 g/mol. The molecule has 0 saturated heterocycles. The van der Waals surface area contributed by atoms with Crippen LogP contribution < -0.4 is 0 Å². The minimum atomic E-state index is 0.627. The van der Waals surface area contributed by atoms with E-state index < -0.39 is 0 Å². The average molecular weight is 490 g/mol. The second-order valence-electron chi connectivity index (χ2n) is 9.20. The van der Waals surface area contributed by atoms with Crippen LogP contribution in [0.1, 0.15) is 79.8 Å². The van der Waals surface area contributed by atoms with Crippen molar-refractivity contribution in [3.63, 3.8) is 0 Å². The smallest absolute Gasteiger partial charge is 0.0397 e. The molecule has 0 atom stereocenters. The van der Waals surface area contributed by atoms with Crippen LogP contribution in [0.4, 0.5) is 0 Å². The summed E-state index contributed by atoms with van der Waals surface area (Å²) in [5, 5.41) is 5.62. The number of benzene rings is 2. The first-order valence-electron chi connectivity index (χ1n) is 11.4. The molecule has 162 valence electrons. The molecule has 4 aromatic carbocycles. The van der Waals surface area contributed by atoms with E-state index in [1.54, 1.807) is 0 Å². The molecule has 0 aliphatic carbocycles. The van der Waals surface area contributed by atoms with E-state index in [0.29, 0.717) is 11.8 Å². The number of rotatable bonds is 2. The summed E-state index contributed by atoms with van der Waals surface area (Å²) in [5.41, 5.74) is 8.53. The second-order valence-corrected chi connectivity index (χ2v) is 10.6. The maximum absolute atomic E-state index is 2.34. The Morgan fingerprint density at radius 1 is 0.677 bits per heavy atom. The van der Waals surface area contributed by atoms with Gasteiger partial charge in [-0.25, -0.2) is 0 Å². The Balaban J connectivity index is 0.000000196. The Kier molecular flexibility index (Phi) is 9.38. The van der Waals surface area contributed by atoms with Crippen molar-refractivity contribution in [2.45, 2.75) is 74.1 Å². The van der Waals surface area contributed by atoms with Gasteiger partial charge in [-0.2, -0.15) is 12.1 Å². The van der Waals surface area contributed by atoms with Gasteiger partial charge in [-0.15, -0.1) is 69.1 Å². The summed E-state index contributed by atoms with van der Waals surface area (Å²) in [6, 6.07) is 18.2. The SMILES string of the molecule is C[CH]=[Zr+2].Cc1ccc2[cH-]c(C(C)C)cc2c1C.Cc1ccc2[cH-]c(C(C)C)cc2c1C. The Bertz CT molecular complexity index is 1060.